The van der Waals surface area contributed by atoms with E-state index in [1.165, 1.54) is 0 Å². The first-order chi connectivity index (χ1) is 8.15. The number of hydrogen-bond donors (Lipinski definition) is 1. The number of anilines is 1. The van der Waals surface area contributed by atoms with Gasteiger partial charge in [0.25, 0.3) is 0 Å². The highest BCUT2D eigenvalue weighted by Gasteiger charge is 2.02. The second kappa shape index (κ2) is 5.04. The number of hydrogen-bond acceptors (Lipinski definition) is 2. The average Bonchev–Trinajstić information content (AvgIpc) is 2.75. The van der Waals surface area contributed by atoms with Crippen molar-refractivity contribution in [3.05, 3.63) is 36.7 Å². The van der Waals surface area contributed by atoms with Crippen LogP contribution < -0.4 is 5.73 Å². The molecule has 0 spiro atoms. The van der Waals surface area contributed by atoms with Gasteiger partial charge in [0.15, 0.2) is 0 Å². The molecule has 17 heavy (non-hydrogen) atoms. The van der Waals surface area contributed by atoms with Crippen molar-refractivity contribution in [1.82, 2.24) is 9.78 Å². The normalized spacial score (nSPS) is 11.0. The first-order valence-electron chi connectivity index (χ1n) is 6.03. The summed E-state index contributed by atoms with van der Waals surface area (Å²) in [5.41, 5.74) is 8.81. The fraction of sp³-hybridized carbons (Fsp3) is 0.357. The van der Waals surface area contributed by atoms with Crippen LogP contribution in [0.5, 0.6) is 0 Å². The molecule has 0 amide bonds. The van der Waals surface area contributed by atoms with Gasteiger partial charge in [-0.2, -0.15) is 5.10 Å². The zero-order chi connectivity index (χ0) is 12.3. The maximum Gasteiger partial charge on any atom is 0.0568 e. The molecule has 0 fully saturated rings. The van der Waals surface area contributed by atoms with Gasteiger partial charge >= 0.3 is 0 Å². The molecule has 0 saturated carbocycles. The third-order valence-corrected chi connectivity index (χ3v) is 2.79. The minimum absolute atomic E-state index is 0.704. The Labute approximate surface area is 102 Å². The minimum Gasteiger partial charge on any atom is -0.399 e. The van der Waals surface area contributed by atoms with Crippen molar-refractivity contribution in [2.45, 2.75) is 26.8 Å². The molecule has 0 aliphatic rings. The highest BCUT2D eigenvalue weighted by atomic mass is 15.3. The molecule has 0 bridgehead atoms. The van der Waals surface area contributed by atoms with E-state index in [-0.39, 0.29) is 0 Å². The third-order valence-electron chi connectivity index (χ3n) is 2.79. The number of rotatable bonds is 4. The van der Waals surface area contributed by atoms with Crippen molar-refractivity contribution >= 4 is 5.69 Å². The van der Waals surface area contributed by atoms with Gasteiger partial charge in [-0.15, -0.1) is 0 Å². The number of nitrogens with zero attached hydrogens (tertiary/aromatic N) is 2. The Bertz CT molecular complexity index is 486. The van der Waals surface area contributed by atoms with Crippen LogP contribution in [0, 0.1) is 5.92 Å². The first kappa shape index (κ1) is 11.7. The smallest absolute Gasteiger partial charge is 0.0568 e. The first-order valence-corrected chi connectivity index (χ1v) is 6.03. The van der Waals surface area contributed by atoms with Crippen molar-refractivity contribution in [2.24, 2.45) is 5.92 Å². The van der Waals surface area contributed by atoms with Crippen LogP contribution in [0.1, 0.15) is 20.3 Å². The zero-order valence-electron chi connectivity index (χ0n) is 10.4. The summed E-state index contributed by atoms with van der Waals surface area (Å²) >= 11 is 0. The van der Waals surface area contributed by atoms with E-state index < -0.39 is 0 Å². The molecule has 3 heteroatoms. The summed E-state index contributed by atoms with van der Waals surface area (Å²) in [6.07, 6.45) is 5.13. The molecule has 2 N–H and O–H groups in total. The van der Waals surface area contributed by atoms with E-state index in [2.05, 4.69) is 31.2 Å². The fourth-order valence-corrected chi connectivity index (χ4v) is 1.74. The lowest BCUT2D eigenvalue weighted by Gasteiger charge is -2.04. The maximum absolute atomic E-state index is 5.77. The molecule has 0 unspecified atom stereocenters. The Morgan fingerprint density at radius 2 is 2.12 bits per heavy atom. The number of aromatic nitrogens is 2. The molecule has 1 aromatic heterocycles. The Morgan fingerprint density at radius 1 is 1.29 bits per heavy atom. The highest BCUT2D eigenvalue weighted by Crippen LogP contribution is 2.20. The van der Waals surface area contributed by atoms with E-state index in [9.17, 15) is 0 Å². The molecule has 2 aromatic rings. The van der Waals surface area contributed by atoms with Gasteiger partial charge in [-0.25, -0.2) is 0 Å². The summed E-state index contributed by atoms with van der Waals surface area (Å²) < 4.78 is 2.00. The summed E-state index contributed by atoms with van der Waals surface area (Å²) in [7, 11) is 0. The molecule has 0 saturated heterocycles. The van der Waals surface area contributed by atoms with Crippen LogP contribution in [0.2, 0.25) is 0 Å². The lowest BCUT2D eigenvalue weighted by atomic mass is 10.1. The van der Waals surface area contributed by atoms with Crippen LogP contribution in [0.4, 0.5) is 5.69 Å². The van der Waals surface area contributed by atoms with Crippen molar-refractivity contribution in [2.75, 3.05) is 5.73 Å². The Balaban J connectivity index is 2.12. The molecule has 0 atom stereocenters. The number of aryl methyl sites for hydroxylation is 1. The maximum atomic E-state index is 5.77. The zero-order valence-corrected chi connectivity index (χ0v) is 10.4. The van der Waals surface area contributed by atoms with Gasteiger partial charge in [0.2, 0.25) is 0 Å². The number of nitrogen functional groups attached to an aromatic ring is 1. The molecule has 1 heterocycles. The molecule has 2 rings (SSSR count). The summed E-state index contributed by atoms with van der Waals surface area (Å²) in [6.45, 7) is 5.42. The van der Waals surface area contributed by atoms with E-state index in [0.717, 1.165) is 29.8 Å². The van der Waals surface area contributed by atoms with E-state index >= 15 is 0 Å². The van der Waals surface area contributed by atoms with Gasteiger partial charge in [0.1, 0.15) is 0 Å². The molecule has 0 aliphatic heterocycles. The SMILES string of the molecule is CC(C)CCn1cc(-c2cccc(N)c2)cn1. The van der Waals surface area contributed by atoms with Gasteiger partial charge < -0.3 is 5.73 Å². The Kier molecular flexibility index (Phi) is 3.47. The van der Waals surface area contributed by atoms with Crippen LogP contribution in [0.25, 0.3) is 11.1 Å². The summed E-state index contributed by atoms with van der Waals surface area (Å²) in [4.78, 5) is 0. The fourth-order valence-electron chi connectivity index (χ4n) is 1.74. The van der Waals surface area contributed by atoms with Gasteiger partial charge in [-0.3, -0.25) is 4.68 Å². The number of nitrogens with two attached hydrogens (primary N) is 1. The topological polar surface area (TPSA) is 43.8 Å². The Morgan fingerprint density at radius 3 is 2.82 bits per heavy atom. The van der Waals surface area contributed by atoms with Crippen LogP contribution in [0.15, 0.2) is 36.7 Å². The molecular formula is C14H19N3. The van der Waals surface area contributed by atoms with Crippen LogP contribution in [-0.4, -0.2) is 9.78 Å². The second-order valence-corrected chi connectivity index (χ2v) is 4.80. The molecule has 1 aromatic carbocycles. The van der Waals surface area contributed by atoms with Crippen molar-refractivity contribution in [3.8, 4) is 11.1 Å². The van der Waals surface area contributed by atoms with Crippen LogP contribution in [0.3, 0.4) is 0 Å². The summed E-state index contributed by atoms with van der Waals surface area (Å²) in [5.74, 6) is 0.704. The van der Waals surface area contributed by atoms with Crippen LogP contribution >= 0.6 is 0 Å². The summed E-state index contributed by atoms with van der Waals surface area (Å²) in [6, 6.07) is 7.90. The van der Waals surface area contributed by atoms with Gasteiger partial charge in [-0.05, 0) is 30.0 Å². The van der Waals surface area contributed by atoms with E-state index in [0.29, 0.717) is 5.92 Å². The monoisotopic (exact) mass is 229 g/mol. The van der Waals surface area contributed by atoms with Gasteiger partial charge in [-0.1, -0.05) is 26.0 Å². The minimum atomic E-state index is 0.704. The Hall–Kier alpha value is -1.77. The second-order valence-electron chi connectivity index (χ2n) is 4.80. The predicted octanol–water partition coefficient (Wildman–Crippen LogP) is 3.18. The van der Waals surface area contributed by atoms with Gasteiger partial charge in [0.05, 0.1) is 6.20 Å². The molecule has 90 valence electrons. The standard InChI is InChI=1S/C14H19N3/c1-11(2)6-7-17-10-13(9-16-17)12-4-3-5-14(15)8-12/h3-5,8-11H,6-7,15H2,1-2H3. The predicted molar refractivity (Wildman–Crippen MR) is 71.5 cm³/mol. The van der Waals surface area contributed by atoms with E-state index in [1.807, 2.05) is 29.1 Å². The lowest BCUT2D eigenvalue weighted by Crippen LogP contribution is -2.01. The molecule has 0 radical (unpaired) electrons. The summed E-state index contributed by atoms with van der Waals surface area (Å²) in [5, 5.41) is 4.37. The third kappa shape index (κ3) is 3.09. The van der Waals surface area contributed by atoms with E-state index in [4.69, 9.17) is 5.73 Å². The van der Waals surface area contributed by atoms with Gasteiger partial charge in [0, 0.05) is 24.0 Å². The molecular weight excluding hydrogens is 210 g/mol. The van der Waals surface area contributed by atoms with Crippen molar-refractivity contribution in [3.63, 3.8) is 0 Å². The molecule has 0 aliphatic carbocycles. The van der Waals surface area contributed by atoms with Crippen molar-refractivity contribution in [1.29, 1.82) is 0 Å². The average molecular weight is 229 g/mol. The van der Waals surface area contributed by atoms with Crippen LogP contribution in [-0.2, 0) is 6.54 Å². The largest absolute Gasteiger partial charge is 0.399 e. The van der Waals surface area contributed by atoms with E-state index in [1.54, 1.807) is 0 Å². The quantitative estimate of drug-likeness (QED) is 0.818. The number of benzene rings is 1. The molecule has 3 nitrogen and oxygen atoms in total. The highest BCUT2D eigenvalue weighted by molar-refractivity contribution is 5.65. The van der Waals surface area contributed by atoms with Crippen molar-refractivity contribution < 1.29 is 0 Å². The lowest BCUT2D eigenvalue weighted by molar-refractivity contribution is 0.487.